The second kappa shape index (κ2) is 14.1. The lowest BCUT2D eigenvalue weighted by Crippen LogP contribution is -2.58. The quantitative estimate of drug-likeness (QED) is 0.165. The fourth-order valence-electron chi connectivity index (χ4n) is 7.18. The second-order valence-corrected chi connectivity index (χ2v) is 14.9. The summed E-state index contributed by atoms with van der Waals surface area (Å²) in [5.41, 5.74) is 1.01. The van der Waals surface area contributed by atoms with Crippen molar-refractivity contribution in [2.24, 2.45) is 17.8 Å². The van der Waals surface area contributed by atoms with Gasteiger partial charge < -0.3 is 19.8 Å². The third-order valence-electron chi connectivity index (χ3n) is 9.13. The third-order valence-corrected chi connectivity index (χ3v) is 12.4. The van der Waals surface area contributed by atoms with Gasteiger partial charge in [-0.25, -0.2) is 0 Å². The van der Waals surface area contributed by atoms with Crippen LogP contribution in [0.25, 0.3) is 0 Å². The van der Waals surface area contributed by atoms with Crippen LogP contribution >= 0.6 is 27.7 Å². The van der Waals surface area contributed by atoms with Crippen LogP contribution in [0.15, 0.2) is 55.6 Å². The molecule has 3 unspecified atom stereocenters. The van der Waals surface area contributed by atoms with Crippen molar-refractivity contribution in [3.8, 4) is 0 Å². The van der Waals surface area contributed by atoms with Crippen LogP contribution in [-0.2, 0) is 20.9 Å². The summed E-state index contributed by atoms with van der Waals surface area (Å²) >= 11 is 5.52. The maximum atomic E-state index is 14.6. The Bertz CT molecular complexity index is 1150. The molecular formula is C33H46BrN3O4S. The molecule has 1 aromatic carbocycles. The number of alkyl halides is 1. The van der Waals surface area contributed by atoms with E-state index in [1.54, 1.807) is 33.7 Å². The molecule has 9 heteroatoms. The normalized spacial score (nSPS) is 28.6. The summed E-state index contributed by atoms with van der Waals surface area (Å²) in [4.78, 5) is 48.9. The maximum Gasteiger partial charge on any atom is 0.247 e. The first kappa shape index (κ1) is 32.8. The van der Waals surface area contributed by atoms with Crippen molar-refractivity contribution in [1.82, 2.24) is 14.7 Å². The Kier molecular flexibility index (Phi) is 11.0. The zero-order valence-corrected chi connectivity index (χ0v) is 27.6. The van der Waals surface area contributed by atoms with E-state index in [0.717, 1.165) is 24.8 Å². The van der Waals surface area contributed by atoms with Gasteiger partial charge in [0, 0.05) is 36.3 Å². The number of unbranched alkanes of at least 4 members (excludes halogenated alkanes) is 2. The van der Waals surface area contributed by atoms with Crippen molar-refractivity contribution in [3.63, 3.8) is 0 Å². The van der Waals surface area contributed by atoms with Crippen LogP contribution in [-0.4, -0.2) is 90.7 Å². The number of carbonyl (C=O) groups excluding carboxylic acids is 3. The Morgan fingerprint density at radius 2 is 1.81 bits per heavy atom. The zero-order valence-electron chi connectivity index (χ0n) is 25.2. The van der Waals surface area contributed by atoms with Crippen molar-refractivity contribution in [3.05, 3.63) is 61.2 Å². The number of likely N-dealkylation sites (tertiary alicyclic amines) is 1. The molecule has 42 heavy (non-hydrogen) atoms. The Balaban J connectivity index is 1.77. The number of hydrogen-bond acceptors (Lipinski definition) is 5. The van der Waals surface area contributed by atoms with Crippen LogP contribution < -0.4 is 0 Å². The highest BCUT2D eigenvalue weighted by atomic mass is 79.9. The topological polar surface area (TPSA) is 81.2 Å². The number of halogens is 1. The standard InChI is InChI=1S/C33H46BrN3O4S/c1-6-9-13-18-35(16-7-2)32(41)29-33-19-24(34)28(42-33)26(27(33)31(40)37(29)25(21-38)22(4)5)30(39)36(17-8-3)20-23-14-11-10-12-15-23/h7-8,10-12,14-15,22,24-29,38H,2-3,6,9,13,16-21H2,1,4-5H3/t24?,25-,26+,27-,28+,29?,33?/m0/s1. The second-order valence-electron chi connectivity index (χ2n) is 12.2. The van der Waals surface area contributed by atoms with Crippen LogP contribution in [0.1, 0.15) is 52.0 Å². The summed E-state index contributed by atoms with van der Waals surface area (Å²) in [7, 11) is 0. The van der Waals surface area contributed by atoms with Gasteiger partial charge in [0.1, 0.15) is 6.04 Å². The van der Waals surface area contributed by atoms with Crippen LogP contribution in [0.5, 0.6) is 0 Å². The summed E-state index contributed by atoms with van der Waals surface area (Å²) in [5.74, 6) is -1.65. The summed E-state index contributed by atoms with van der Waals surface area (Å²) < 4.78 is -0.758. The molecule has 7 atom stereocenters. The molecule has 3 amide bonds. The van der Waals surface area contributed by atoms with Gasteiger partial charge in [0.05, 0.1) is 29.2 Å². The average Bonchev–Trinajstić information content (AvgIpc) is 3.56. The van der Waals surface area contributed by atoms with E-state index >= 15 is 0 Å². The van der Waals surface area contributed by atoms with Gasteiger partial charge >= 0.3 is 0 Å². The van der Waals surface area contributed by atoms with Gasteiger partial charge in [-0.2, -0.15) is 0 Å². The van der Waals surface area contributed by atoms with E-state index in [2.05, 4.69) is 36.0 Å². The van der Waals surface area contributed by atoms with Crippen LogP contribution in [0.4, 0.5) is 0 Å². The lowest BCUT2D eigenvalue weighted by Gasteiger charge is -2.41. The minimum absolute atomic E-state index is 0.0161. The molecule has 3 saturated heterocycles. The number of carbonyl (C=O) groups is 3. The van der Waals surface area contributed by atoms with Crippen LogP contribution in [0, 0.1) is 17.8 Å². The average molecular weight is 661 g/mol. The van der Waals surface area contributed by atoms with Crippen molar-refractivity contribution >= 4 is 45.4 Å². The fraction of sp³-hybridized carbons (Fsp3) is 0.606. The van der Waals surface area contributed by atoms with Crippen molar-refractivity contribution < 1.29 is 19.5 Å². The lowest BCUT2D eigenvalue weighted by atomic mass is 9.70. The van der Waals surface area contributed by atoms with E-state index in [4.69, 9.17) is 0 Å². The molecule has 4 rings (SSSR count). The molecule has 0 saturated carbocycles. The molecule has 7 nitrogen and oxygen atoms in total. The molecule has 0 radical (unpaired) electrons. The molecule has 1 aromatic rings. The number of nitrogens with zero attached hydrogens (tertiary/aromatic N) is 3. The Labute approximate surface area is 263 Å². The summed E-state index contributed by atoms with van der Waals surface area (Å²) in [6.07, 6.45) is 6.98. The van der Waals surface area contributed by atoms with E-state index in [0.29, 0.717) is 32.6 Å². The highest BCUT2D eigenvalue weighted by molar-refractivity contribution is 9.09. The van der Waals surface area contributed by atoms with Gasteiger partial charge in [-0.15, -0.1) is 24.9 Å². The van der Waals surface area contributed by atoms with Crippen LogP contribution in [0.2, 0.25) is 0 Å². The highest BCUT2D eigenvalue weighted by Crippen LogP contribution is 2.68. The van der Waals surface area contributed by atoms with Gasteiger partial charge in [-0.3, -0.25) is 14.4 Å². The first-order chi connectivity index (χ1) is 20.2. The van der Waals surface area contributed by atoms with E-state index in [1.165, 1.54) is 0 Å². The largest absolute Gasteiger partial charge is 0.394 e. The highest BCUT2D eigenvalue weighted by Gasteiger charge is 2.76. The number of aliphatic hydroxyl groups is 1. The molecular weight excluding hydrogens is 614 g/mol. The molecule has 3 heterocycles. The number of hydrogen-bond donors (Lipinski definition) is 1. The van der Waals surface area contributed by atoms with E-state index < -0.39 is 28.7 Å². The van der Waals surface area contributed by atoms with Crippen molar-refractivity contribution in [1.29, 1.82) is 0 Å². The smallest absolute Gasteiger partial charge is 0.247 e. The molecule has 1 N–H and O–H groups in total. The van der Waals surface area contributed by atoms with Gasteiger partial charge in [0.25, 0.3) is 0 Å². The molecule has 3 aliphatic rings. The molecule has 3 aliphatic heterocycles. The van der Waals surface area contributed by atoms with Gasteiger partial charge in [-0.1, -0.05) is 92.0 Å². The van der Waals surface area contributed by atoms with E-state index in [1.807, 2.05) is 49.1 Å². The van der Waals surface area contributed by atoms with Gasteiger partial charge in [0.15, 0.2) is 0 Å². The first-order valence-corrected chi connectivity index (χ1v) is 17.0. The molecule has 230 valence electrons. The Hall–Kier alpha value is -2.10. The first-order valence-electron chi connectivity index (χ1n) is 15.2. The van der Waals surface area contributed by atoms with Crippen molar-refractivity contribution in [2.45, 2.75) is 79.9 Å². The molecule has 3 fully saturated rings. The number of benzene rings is 1. The molecule has 0 aromatic heterocycles. The van der Waals surface area contributed by atoms with E-state index in [9.17, 15) is 19.5 Å². The fourth-order valence-corrected chi connectivity index (χ4v) is 10.8. The lowest BCUT2D eigenvalue weighted by molar-refractivity contribution is -0.148. The Morgan fingerprint density at radius 3 is 2.40 bits per heavy atom. The number of amides is 3. The molecule has 0 aliphatic carbocycles. The van der Waals surface area contributed by atoms with Crippen molar-refractivity contribution in [2.75, 3.05) is 26.2 Å². The predicted molar refractivity (Wildman–Crippen MR) is 173 cm³/mol. The number of aliphatic hydroxyl groups excluding tert-OH is 1. The van der Waals surface area contributed by atoms with Gasteiger partial charge in [0.2, 0.25) is 17.7 Å². The number of rotatable bonds is 15. The Morgan fingerprint density at radius 1 is 1.14 bits per heavy atom. The summed E-state index contributed by atoms with van der Waals surface area (Å²) in [6, 6.07) is 8.55. The molecule has 1 spiro atoms. The van der Waals surface area contributed by atoms with Crippen LogP contribution in [0.3, 0.4) is 0 Å². The number of thioether (sulfide) groups is 1. The minimum atomic E-state index is -0.758. The minimum Gasteiger partial charge on any atom is -0.394 e. The van der Waals surface area contributed by atoms with Gasteiger partial charge in [-0.05, 0) is 24.3 Å². The molecule has 2 bridgehead atoms. The summed E-state index contributed by atoms with van der Waals surface area (Å²) in [5, 5.41) is 10.4. The SMILES string of the molecule is C=CCN(CCCCC)C(=O)C1N([C@@H](CO)C(C)C)C(=O)[C@@H]2[C@@H](C(=O)N(CC=C)Cc3ccccc3)[C@@H]3SC12CC3Br. The maximum absolute atomic E-state index is 14.6. The number of fused-ring (bicyclic) bond motifs is 1. The predicted octanol–water partition coefficient (Wildman–Crippen LogP) is 4.89. The van der Waals surface area contributed by atoms with E-state index in [-0.39, 0.29) is 40.3 Å². The third kappa shape index (κ3) is 5.98. The summed E-state index contributed by atoms with van der Waals surface area (Å²) in [6.45, 7) is 15.4. The zero-order chi connectivity index (χ0) is 30.6. The monoisotopic (exact) mass is 659 g/mol.